The van der Waals surface area contributed by atoms with E-state index in [4.69, 9.17) is 4.74 Å². The lowest BCUT2D eigenvalue weighted by atomic mass is 10.1. The summed E-state index contributed by atoms with van der Waals surface area (Å²) in [5, 5.41) is 15.2. The van der Waals surface area contributed by atoms with Crippen LogP contribution in [0.3, 0.4) is 0 Å². The molecule has 10 nitrogen and oxygen atoms in total. The van der Waals surface area contributed by atoms with Crippen molar-refractivity contribution in [2.75, 3.05) is 23.1 Å². The fraction of sp³-hybridized carbons (Fsp3) is 0.214. The van der Waals surface area contributed by atoms with Crippen LogP contribution in [0.2, 0.25) is 0 Å². The molecule has 3 heterocycles. The maximum Gasteiger partial charge on any atom is 0.237 e. The number of aromatic nitrogens is 3. The molecule has 2 atom stereocenters. The van der Waals surface area contributed by atoms with Crippen molar-refractivity contribution in [2.45, 2.75) is 24.4 Å². The van der Waals surface area contributed by atoms with Gasteiger partial charge in [0.15, 0.2) is 17.4 Å². The lowest BCUT2D eigenvalue weighted by Gasteiger charge is -2.26. The van der Waals surface area contributed by atoms with E-state index in [-0.39, 0.29) is 53.2 Å². The van der Waals surface area contributed by atoms with Gasteiger partial charge in [0.05, 0.1) is 28.6 Å². The smallest absolute Gasteiger partial charge is 0.237 e. The van der Waals surface area contributed by atoms with Gasteiger partial charge in [-0.15, -0.1) is 0 Å². The lowest BCUT2D eigenvalue weighted by molar-refractivity contribution is 0.254. The van der Waals surface area contributed by atoms with Gasteiger partial charge in [0.1, 0.15) is 11.9 Å². The number of nitriles is 1. The van der Waals surface area contributed by atoms with Crippen molar-refractivity contribution in [1.29, 1.82) is 5.26 Å². The Labute approximate surface area is 243 Å². The van der Waals surface area contributed by atoms with E-state index in [1.807, 2.05) is 6.07 Å². The zero-order chi connectivity index (χ0) is 30.6. The summed E-state index contributed by atoms with van der Waals surface area (Å²) in [6, 6.07) is 12.4. The van der Waals surface area contributed by atoms with Gasteiger partial charge < -0.3 is 15.4 Å². The zero-order valence-electron chi connectivity index (χ0n) is 22.2. The van der Waals surface area contributed by atoms with Crippen molar-refractivity contribution < 1.29 is 30.7 Å². The van der Waals surface area contributed by atoms with Crippen LogP contribution in [0.15, 0.2) is 60.9 Å². The van der Waals surface area contributed by atoms with E-state index in [1.165, 1.54) is 54.9 Å². The molecule has 0 aliphatic carbocycles. The number of nitrogens with zero attached hydrogens (tertiary/aromatic N) is 4. The molecule has 1 aliphatic rings. The number of alkyl halides is 1. The van der Waals surface area contributed by atoms with Gasteiger partial charge in [-0.2, -0.15) is 9.65 Å². The standard InChI is InChI=1S/C28H23F4N7O3S/c29-18-10-19(14-34-13-18)37-28-36-9-7-22(38-28)20-6-3-8-35-27(20)42-23-11-21(30)26(25(32)24(23)31)39-43(40,41)15-17-5-2-1-4-16(17)12-33/h1-9,11,18-19,34,39H,10,13-15H2,(H,36,37,38)/t18-,19-/m0/s1. The molecule has 0 radical (unpaired) electrons. The Kier molecular flexibility index (Phi) is 8.69. The summed E-state index contributed by atoms with van der Waals surface area (Å²) in [5.74, 6) is -6.73. The van der Waals surface area contributed by atoms with Crippen molar-refractivity contribution in [3.8, 4) is 29.0 Å². The van der Waals surface area contributed by atoms with Crippen LogP contribution in [0.4, 0.5) is 29.2 Å². The van der Waals surface area contributed by atoms with Crippen LogP contribution in [0.1, 0.15) is 17.5 Å². The molecule has 0 spiro atoms. The van der Waals surface area contributed by atoms with Gasteiger partial charge in [0.2, 0.25) is 27.7 Å². The first-order valence-electron chi connectivity index (χ1n) is 12.9. The van der Waals surface area contributed by atoms with Crippen molar-refractivity contribution in [3.63, 3.8) is 0 Å². The van der Waals surface area contributed by atoms with Crippen LogP contribution in [0, 0.1) is 28.8 Å². The molecule has 1 saturated heterocycles. The molecule has 0 amide bonds. The minimum atomic E-state index is -4.46. The van der Waals surface area contributed by atoms with Gasteiger partial charge >= 0.3 is 0 Å². The summed E-state index contributed by atoms with van der Waals surface area (Å²) in [5.41, 5.74) is -0.615. The average Bonchev–Trinajstić information content (AvgIpc) is 2.98. The van der Waals surface area contributed by atoms with Gasteiger partial charge in [-0.3, -0.25) is 4.72 Å². The van der Waals surface area contributed by atoms with E-state index in [0.717, 1.165) is 0 Å². The summed E-state index contributed by atoms with van der Waals surface area (Å²) in [4.78, 5) is 12.6. The number of sulfonamides is 1. The molecule has 2 aromatic heterocycles. The van der Waals surface area contributed by atoms with Crippen LogP contribution >= 0.6 is 0 Å². The number of nitrogens with one attached hydrogen (secondary N) is 3. The van der Waals surface area contributed by atoms with E-state index < -0.39 is 50.8 Å². The monoisotopic (exact) mass is 613 g/mol. The number of hydrogen-bond donors (Lipinski definition) is 3. The van der Waals surface area contributed by atoms with Crippen LogP contribution in [0.25, 0.3) is 11.3 Å². The average molecular weight is 614 g/mol. The molecular formula is C28H23F4N7O3S. The van der Waals surface area contributed by atoms with Crippen LogP contribution in [-0.4, -0.2) is 48.7 Å². The fourth-order valence-electron chi connectivity index (χ4n) is 4.42. The number of benzene rings is 2. The third-order valence-electron chi connectivity index (χ3n) is 6.41. The highest BCUT2D eigenvalue weighted by atomic mass is 32.2. The molecule has 2 aromatic carbocycles. The molecule has 15 heteroatoms. The van der Waals surface area contributed by atoms with Crippen molar-refractivity contribution in [3.05, 3.63) is 89.5 Å². The van der Waals surface area contributed by atoms with Crippen LogP contribution < -0.4 is 20.1 Å². The lowest BCUT2D eigenvalue weighted by Crippen LogP contribution is -2.44. The Morgan fingerprint density at radius 1 is 1.05 bits per heavy atom. The first-order chi connectivity index (χ1) is 20.6. The third kappa shape index (κ3) is 6.99. The molecule has 0 saturated carbocycles. The van der Waals surface area contributed by atoms with Crippen LogP contribution in [0.5, 0.6) is 11.6 Å². The Hall–Kier alpha value is -4.81. The summed E-state index contributed by atoms with van der Waals surface area (Å²) in [6.45, 7) is 0.766. The van der Waals surface area contributed by atoms with Gasteiger partial charge in [-0.25, -0.2) is 36.5 Å². The van der Waals surface area contributed by atoms with Crippen LogP contribution in [-0.2, 0) is 15.8 Å². The van der Waals surface area contributed by atoms with E-state index in [9.17, 15) is 22.5 Å². The first kappa shape index (κ1) is 29.7. The third-order valence-corrected chi connectivity index (χ3v) is 7.61. The zero-order valence-corrected chi connectivity index (χ0v) is 23.0. The largest absolute Gasteiger partial charge is 0.435 e. The molecule has 0 unspecified atom stereocenters. The second-order valence-corrected chi connectivity index (χ2v) is 11.3. The number of anilines is 2. The second kappa shape index (κ2) is 12.6. The minimum Gasteiger partial charge on any atom is -0.435 e. The Morgan fingerprint density at radius 3 is 2.65 bits per heavy atom. The summed E-state index contributed by atoms with van der Waals surface area (Å²) in [6.07, 6.45) is 1.98. The van der Waals surface area contributed by atoms with E-state index >= 15 is 8.78 Å². The van der Waals surface area contributed by atoms with E-state index in [2.05, 4.69) is 25.6 Å². The number of halogens is 4. The summed E-state index contributed by atoms with van der Waals surface area (Å²) < 4.78 is 91.3. The molecule has 3 N–H and O–H groups in total. The van der Waals surface area contributed by atoms with Gasteiger partial charge in [0.25, 0.3) is 0 Å². The topological polar surface area (TPSA) is 142 Å². The number of ether oxygens (including phenoxy) is 1. The van der Waals surface area contributed by atoms with Gasteiger partial charge in [0, 0.05) is 44.0 Å². The maximum atomic E-state index is 15.1. The second-order valence-electron chi connectivity index (χ2n) is 9.55. The SMILES string of the molecule is N#Cc1ccccc1CS(=O)(=O)Nc1c(F)cc(Oc2ncccc2-c2ccnc(N[C@@H]3CNC[C@@H](F)C3)n2)c(F)c1F. The quantitative estimate of drug-likeness (QED) is 0.181. The normalized spacial score (nSPS) is 16.7. The molecule has 1 fully saturated rings. The van der Waals surface area contributed by atoms with Gasteiger partial charge in [-0.1, -0.05) is 18.2 Å². The Balaban J connectivity index is 1.38. The molecule has 43 heavy (non-hydrogen) atoms. The number of hydrogen-bond acceptors (Lipinski definition) is 9. The molecule has 1 aliphatic heterocycles. The summed E-state index contributed by atoms with van der Waals surface area (Å²) >= 11 is 0. The molecule has 0 bridgehead atoms. The Bertz CT molecular complexity index is 1800. The van der Waals surface area contributed by atoms with Gasteiger partial charge in [-0.05, 0) is 29.8 Å². The highest BCUT2D eigenvalue weighted by Crippen LogP contribution is 2.36. The number of pyridine rings is 1. The van der Waals surface area contributed by atoms with E-state index in [0.29, 0.717) is 12.6 Å². The summed E-state index contributed by atoms with van der Waals surface area (Å²) in [7, 11) is -4.46. The maximum absolute atomic E-state index is 15.1. The van der Waals surface area contributed by atoms with Crippen molar-refractivity contribution in [1.82, 2.24) is 20.3 Å². The first-order valence-corrected chi connectivity index (χ1v) is 14.5. The molecule has 5 rings (SSSR count). The van der Waals surface area contributed by atoms with Crippen molar-refractivity contribution >= 4 is 21.7 Å². The highest BCUT2D eigenvalue weighted by Gasteiger charge is 2.26. The van der Waals surface area contributed by atoms with Crippen molar-refractivity contribution in [2.24, 2.45) is 0 Å². The predicted molar refractivity (Wildman–Crippen MR) is 149 cm³/mol. The Morgan fingerprint density at radius 2 is 1.86 bits per heavy atom. The minimum absolute atomic E-state index is 0.0564. The van der Waals surface area contributed by atoms with E-state index in [1.54, 1.807) is 4.72 Å². The molecule has 4 aromatic rings. The predicted octanol–water partition coefficient (Wildman–Crippen LogP) is 4.67. The number of piperidine rings is 1. The number of rotatable bonds is 9. The fourth-order valence-corrected chi connectivity index (χ4v) is 5.66. The molecule has 222 valence electrons. The molecular weight excluding hydrogens is 590 g/mol. The highest BCUT2D eigenvalue weighted by molar-refractivity contribution is 7.91.